The van der Waals surface area contributed by atoms with Crippen molar-refractivity contribution in [2.24, 2.45) is 0 Å². The van der Waals surface area contributed by atoms with Gasteiger partial charge in [-0.1, -0.05) is 224 Å². The zero-order chi connectivity index (χ0) is 46.2. The van der Waals surface area contributed by atoms with E-state index in [0.717, 1.165) is 11.4 Å². The summed E-state index contributed by atoms with van der Waals surface area (Å²) < 4.78 is 4.96. The molecular weight excluding hydrogens is 861 g/mol. The number of benzene rings is 11. The minimum absolute atomic E-state index is 0.477. The van der Waals surface area contributed by atoms with Crippen molar-refractivity contribution < 1.29 is 0 Å². The highest BCUT2D eigenvalue weighted by Crippen LogP contribution is 2.56. The first kappa shape index (κ1) is 40.3. The summed E-state index contributed by atoms with van der Waals surface area (Å²) in [4.78, 5) is 0. The van der Waals surface area contributed by atoms with Crippen LogP contribution in [-0.2, 0) is 5.41 Å². The summed E-state index contributed by atoms with van der Waals surface area (Å²) in [5.41, 5.74) is 14.4. The van der Waals surface area contributed by atoms with E-state index in [1.54, 1.807) is 0 Å². The maximum Gasteiger partial charge on any atom is 0.179 e. The lowest BCUT2D eigenvalue weighted by molar-refractivity contribution is 0.770. The van der Waals surface area contributed by atoms with Crippen LogP contribution in [0.2, 0.25) is 0 Å². The Morgan fingerprint density at radius 3 is 1.23 bits per heavy atom. The van der Waals surface area contributed by atoms with E-state index in [2.05, 4.69) is 288 Å². The Morgan fingerprint density at radius 1 is 0.257 bits per heavy atom. The van der Waals surface area contributed by atoms with E-state index >= 15 is 0 Å². The maximum absolute atomic E-state index is 2.76. The van der Waals surface area contributed by atoms with Gasteiger partial charge >= 0.3 is 0 Å². The van der Waals surface area contributed by atoms with E-state index in [0.29, 0.717) is 0 Å². The van der Waals surface area contributed by atoms with E-state index in [9.17, 15) is 0 Å². The van der Waals surface area contributed by atoms with Crippen LogP contribution in [0.1, 0.15) is 22.3 Å². The molecule has 0 fully saturated rings. The van der Waals surface area contributed by atoms with Gasteiger partial charge in [0, 0.05) is 32.9 Å². The molecule has 0 unspecified atom stereocenters. The average Bonchev–Trinajstić information content (AvgIpc) is 4.06. The quantitative estimate of drug-likeness (QED) is 0.106. The fourth-order valence-electron chi connectivity index (χ4n) is 12.5. The van der Waals surface area contributed by atoms with Crippen molar-refractivity contribution in [1.82, 2.24) is 9.13 Å². The molecule has 0 radical (unpaired) electrons. The van der Waals surface area contributed by atoms with Gasteiger partial charge in [0.2, 0.25) is 0 Å². The van der Waals surface area contributed by atoms with Crippen LogP contribution in [0.25, 0.3) is 66.1 Å². The Bertz CT molecular complexity index is 3970. The molecule has 2 aromatic heterocycles. The van der Waals surface area contributed by atoms with Gasteiger partial charge in [-0.15, -0.1) is 0 Å². The summed E-state index contributed by atoms with van der Waals surface area (Å²) in [5, 5.41) is 10.4. The van der Waals surface area contributed by atoms with Crippen LogP contribution in [0.4, 0.5) is 0 Å². The van der Waals surface area contributed by atoms with Gasteiger partial charge < -0.3 is 9.13 Å². The van der Waals surface area contributed by atoms with Gasteiger partial charge in [-0.05, 0) is 109 Å². The Balaban J connectivity index is 0.970. The molecule has 70 heavy (non-hydrogen) atoms. The molecule has 0 aliphatic heterocycles. The minimum Gasteiger partial charge on any atom is -0.309 e. The third-order valence-corrected chi connectivity index (χ3v) is 20.1. The van der Waals surface area contributed by atoms with E-state index in [1.807, 2.05) is 0 Å². The molecule has 328 valence electrons. The van der Waals surface area contributed by atoms with Crippen molar-refractivity contribution in [2.45, 2.75) is 5.41 Å². The molecule has 13 aromatic rings. The van der Waals surface area contributed by atoms with Gasteiger partial charge in [-0.2, -0.15) is 0 Å². The Kier molecular flexibility index (Phi) is 9.17. The smallest absolute Gasteiger partial charge is 0.179 e. The van der Waals surface area contributed by atoms with Gasteiger partial charge in [0.25, 0.3) is 0 Å². The molecule has 1 aliphatic rings. The first-order valence-electron chi connectivity index (χ1n) is 24.3. The number of fused-ring (bicyclic) bond motifs is 9. The van der Waals surface area contributed by atoms with Crippen molar-refractivity contribution in [1.29, 1.82) is 0 Å². The molecule has 3 heteroatoms. The van der Waals surface area contributed by atoms with Crippen LogP contribution in [0, 0.1) is 0 Å². The minimum atomic E-state index is -2.76. The third-order valence-electron chi connectivity index (χ3n) is 15.3. The van der Waals surface area contributed by atoms with Crippen LogP contribution < -0.4 is 20.7 Å². The number of hydrogen-bond donors (Lipinski definition) is 0. The second-order valence-electron chi connectivity index (χ2n) is 18.7. The third kappa shape index (κ3) is 5.73. The van der Waals surface area contributed by atoms with Gasteiger partial charge in [0.05, 0.1) is 27.5 Å². The van der Waals surface area contributed by atoms with Gasteiger partial charge in [0.15, 0.2) is 8.07 Å². The van der Waals surface area contributed by atoms with Crippen molar-refractivity contribution in [3.63, 3.8) is 0 Å². The number of para-hydroxylation sites is 2. The summed E-state index contributed by atoms with van der Waals surface area (Å²) >= 11 is 0. The first-order valence-corrected chi connectivity index (χ1v) is 26.3. The van der Waals surface area contributed by atoms with Crippen LogP contribution >= 0.6 is 0 Å². The molecule has 2 nitrogen and oxygen atoms in total. The lowest BCUT2D eigenvalue weighted by atomic mass is 9.67. The monoisotopic (exact) mass is 906 g/mol. The van der Waals surface area contributed by atoms with Crippen molar-refractivity contribution >= 4 is 72.4 Å². The summed E-state index contributed by atoms with van der Waals surface area (Å²) in [6, 6.07) is 104. The largest absolute Gasteiger partial charge is 0.309 e. The zero-order valence-corrected chi connectivity index (χ0v) is 39.5. The fraction of sp³-hybridized carbons (Fsp3) is 0.0149. The topological polar surface area (TPSA) is 9.86 Å². The van der Waals surface area contributed by atoms with Gasteiger partial charge in [-0.3, -0.25) is 0 Å². The van der Waals surface area contributed by atoms with Crippen LogP contribution in [0.3, 0.4) is 0 Å². The Hall–Kier alpha value is -8.76. The maximum atomic E-state index is 2.49. The van der Waals surface area contributed by atoms with Crippen LogP contribution in [0.5, 0.6) is 0 Å². The number of nitrogens with zero attached hydrogens (tertiary/aromatic N) is 2. The molecule has 11 aromatic carbocycles. The number of rotatable bonds is 8. The molecule has 2 heterocycles. The van der Waals surface area contributed by atoms with E-state index < -0.39 is 13.5 Å². The molecule has 1 aliphatic carbocycles. The predicted molar refractivity (Wildman–Crippen MR) is 296 cm³/mol. The van der Waals surface area contributed by atoms with E-state index in [1.165, 1.54) is 97.7 Å². The van der Waals surface area contributed by atoms with Crippen LogP contribution in [-0.4, -0.2) is 17.2 Å². The second kappa shape index (κ2) is 15.9. The first-order chi connectivity index (χ1) is 34.7. The lowest BCUT2D eigenvalue weighted by Crippen LogP contribution is -2.74. The summed E-state index contributed by atoms with van der Waals surface area (Å²) in [5.74, 6) is 0. The van der Waals surface area contributed by atoms with Crippen molar-refractivity contribution in [3.05, 3.63) is 301 Å². The highest BCUT2D eigenvalue weighted by Gasteiger charge is 2.46. The summed E-state index contributed by atoms with van der Waals surface area (Å²) in [7, 11) is -2.76. The van der Waals surface area contributed by atoms with E-state index in [-0.39, 0.29) is 0 Å². The predicted octanol–water partition coefficient (Wildman–Crippen LogP) is 13.6. The SMILES string of the molecule is c1ccc(C2(c3ccc4c(c3)c3ccccc3n4-c3ccc4c(c3)c3ccccc3n4-c3cccc([Si](c4ccccc4)(c4ccccc4)c4ccccc4)c3)c3ccccc3-c3ccccc32)cc1. The zero-order valence-electron chi connectivity index (χ0n) is 38.5. The van der Waals surface area contributed by atoms with Crippen LogP contribution in [0.15, 0.2) is 279 Å². The highest BCUT2D eigenvalue weighted by molar-refractivity contribution is 7.19. The number of hydrogen-bond acceptors (Lipinski definition) is 0. The highest BCUT2D eigenvalue weighted by atomic mass is 28.3. The fourth-order valence-corrected chi connectivity index (χ4v) is 17.3. The number of aromatic nitrogens is 2. The summed E-state index contributed by atoms with van der Waals surface area (Å²) in [6.45, 7) is 0. The van der Waals surface area contributed by atoms with Crippen molar-refractivity contribution in [2.75, 3.05) is 0 Å². The summed E-state index contributed by atoms with van der Waals surface area (Å²) in [6.07, 6.45) is 0. The second-order valence-corrected chi connectivity index (χ2v) is 22.6. The molecule has 14 rings (SSSR count). The normalized spacial score (nSPS) is 13.0. The molecular formula is C67H46N2Si. The molecule has 0 N–H and O–H groups in total. The molecule has 0 atom stereocenters. The van der Waals surface area contributed by atoms with E-state index in [4.69, 9.17) is 0 Å². The lowest BCUT2D eigenvalue weighted by Gasteiger charge is -2.34. The molecule has 0 saturated carbocycles. The standard InChI is InChI=1S/C67H46N2Si/c1-5-22-47(23-6-1)67(61-36-17-13-32-55(61)56-33-14-18-37-62(56)67)48-40-42-65-59(44-48)57-34-15-19-38-63(57)69(65)50-41-43-66-60(46-50)58-35-16-20-39-64(58)68(66)49-24-21-31-54(45-49)70(51-25-7-2-8-26-51,52-27-9-3-10-28-52)53-29-11-4-12-30-53/h1-46H. The molecule has 0 amide bonds. The Morgan fingerprint density at radius 2 is 0.671 bits per heavy atom. The molecule has 0 spiro atoms. The van der Waals surface area contributed by atoms with Gasteiger partial charge in [0.1, 0.15) is 0 Å². The van der Waals surface area contributed by atoms with Gasteiger partial charge in [-0.25, -0.2) is 0 Å². The average molecular weight is 907 g/mol. The van der Waals surface area contributed by atoms with Crippen molar-refractivity contribution in [3.8, 4) is 22.5 Å². The molecule has 0 bridgehead atoms. The molecule has 0 saturated heterocycles. The Labute approximate surface area is 408 Å².